The monoisotopic (exact) mass is 143 g/mol. The fourth-order valence-corrected chi connectivity index (χ4v) is 0.897. The number of nitrogens with one attached hydrogen (secondary N) is 1. The van der Waals surface area contributed by atoms with Gasteiger partial charge in [0, 0.05) is 6.92 Å². The Morgan fingerprint density at radius 2 is 2.50 bits per heavy atom. The largest absolute Gasteiger partial charge is 0.460 e. The molecule has 1 heterocycles. The third-order valence-electron chi connectivity index (χ3n) is 1.27. The van der Waals surface area contributed by atoms with Gasteiger partial charge >= 0.3 is 5.97 Å². The summed E-state index contributed by atoms with van der Waals surface area (Å²) in [5.74, 6) is -0.382. The van der Waals surface area contributed by atoms with E-state index in [2.05, 4.69) is 5.32 Å². The summed E-state index contributed by atoms with van der Waals surface area (Å²) in [6.45, 7) is 1.79. The lowest BCUT2D eigenvalue weighted by atomic mass is 10.3. The predicted octanol–water partition coefficient (Wildman–Crippen LogP) is -0.562. The van der Waals surface area contributed by atoms with Gasteiger partial charge in [0.25, 0.3) is 0 Å². The number of esters is 1. The molecule has 0 aromatic carbocycles. The van der Waals surface area contributed by atoms with E-state index in [1.807, 2.05) is 0 Å². The average Bonchev–Trinajstić information content (AvgIpc) is 2.13. The van der Waals surface area contributed by atoms with Gasteiger partial charge in [-0.25, -0.2) is 0 Å². The first-order valence-electron chi connectivity index (χ1n) is 3.12. The third-order valence-corrected chi connectivity index (χ3v) is 1.27. The molecule has 4 nitrogen and oxygen atoms in total. The quantitative estimate of drug-likeness (QED) is 0.500. The third kappa shape index (κ3) is 1.72. The van der Waals surface area contributed by atoms with Crippen LogP contribution in [-0.4, -0.2) is 24.5 Å². The molecule has 56 valence electrons. The minimum absolute atomic E-state index is 0.0498. The Kier molecular flexibility index (Phi) is 1.89. The molecule has 0 unspecified atom stereocenters. The van der Waals surface area contributed by atoms with E-state index in [0.29, 0.717) is 13.0 Å². The number of ether oxygens (including phenoxy) is 1. The highest BCUT2D eigenvalue weighted by atomic mass is 16.5. The molecule has 0 aromatic heterocycles. The number of carbonyl (C=O) groups is 2. The van der Waals surface area contributed by atoms with Crippen molar-refractivity contribution in [2.75, 3.05) is 6.54 Å². The molecular formula is C6H9NO3. The first-order valence-corrected chi connectivity index (χ1v) is 3.12. The molecule has 0 radical (unpaired) electrons. The van der Waals surface area contributed by atoms with Crippen LogP contribution in [0, 0.1) is 0 Å². The van der Waals surface area contributed by atoms with Gasteiger partial charge in [-0.15, -0.1) is 0 Å². The van der Waals surface area contributed by atoms with Crippen molar-refractivity contribution in [2.45, 2.75) is 19.4 Å². The number of amides is 1. The summed E-state index contributed by atoms with van der Waals surface area (Å²) >= 11 is 0. The fraction of sp³-hybridized carbons (Fsp3) is 0.667. The molecule has 10 heavy (non-hydrogen) atoms. The molecule has 0 aliphatic carbocycles. The van der Waals surface area contributed by atoms with E-state index >= 15 is 0 Å². The van der Waals surface area contributed by atoms with Gasteiger partial charge in [0.15, 0.2) is 0 Å². The molecule has 1 amide bonds. The molecule has 0 bridgehead atoms. The molecule has 0 spiro atoms. The zero-order valence-corrected chi connectivity index (χ0v) is 5.72. The van der Waals surface area contributed by atoms with Gasteiger partial charge in [-0.3, -0.25) is 9.59 Å². The van der Waals surface area contributed by atoms with Crippen molar-refractivity contribution in [1.29, 1.82) is 0 Å². The van der Waals surface area contributed by atoms with Crippen molar-refractivity contribution in [2.24, 2.45) is 0 Å². The topological polar surface area (TPSA) is 55.4 Å². The molecule has 1 aliphatic heterocycles. The highest BCUT2D eigenvalue weighted by Crippen LogP contribution is 2.03. The van der Waals surface area contributed by atoms with Crippen molar-refractivity contribution >= 4 is 11.9 Å². The van der Waals surface area contributed by atoms with Gasteiger partial charge in [-0.1, -0.05) is 0 Å². The maximum absolute atomic E-state index is 10.5. The lowest BCUT2D eigenvalue weighted by Gasteiger charge is -2.05. The van der Waals surface area contributed by atoms with Gasteiger partial charge in [-0.05, 0) is 0 Å². The maximum Gasteiger partial charge on any atom is 0.302 e. The van der Waals surface area contributed by atoms with Crippen LogP contribution in [0.1, 0.15) is 13.3 Å². The Morgan fingerprint density at radius 3 is 2.90 bits per heavy atom. The molecule has 1 aliphatic rings. The van der Waals surface area contributed by atoms with Crippen molar-refractivity contribution in [3.05, 3.63) is 0 Å². The maximum atomic E-state index is 10.5. The molecule has 1 fully saturated rings. The average molecular weight is 143 g/mol. The van der Waals surface area contributed by atoms with Gasteiger partial charge < -0.3 is 10.1 Å². The molecule has 1 saturated heterocycles. The second-order valence-corrected chi connectivity index (χ2v) is 2.24. The smallest absolute Gasteiger partial charge is 0.302 e. The van der Waals surface area contributed by atoms with E-state index < -0.39 is 0 Å². The summed E-state index contributed by atoms with van der Waals surface area (Å²) in [5, 5.41) is 2.56. The Balaban J connectivity index is 2.31. The van der Waals surface area contributed by atoms with E-state index in [1.165, 1.54) is 6.92 Å². The van der Waals surface area contributed by atoms with Crippen LogP contribution >= 0.6 is 0 Å². The normalized spacial score (nSPS) is 24.1. The molecule has 4 heteroatoms. The molecule has 1 atom stereocenters. The van der Waals surface area contributed by atoms with E-state index in [-0.39, 0.29) is 18.0 Å². The van der Waals surface area contributed by atoms with Crippen LogP contribution in [0.25, 0.3) is 0 Å². The van der Waals surface area contributed by atoms with Gasteiger partial charge in [0.2, 0.25) is 5.91 Å². The van der Waals surface area contributed by atoms with E-state index in [9.17, 15) is 9.59 Å². The number of rotatable bonds is 1. The van der Waals surface area contributed by atoms with Crippen molar-refractivity contribution in [1.82, 2.24) is 5.32 Å². The summed E-state index contributed by atoms with van der Waals surface area (Å²) < 4.78 is 4.76. The van der Waals surface area contributed by atoms with Crippen LogP contribution in [0.15, 0.2) is 0 Å². The summed E-state index contributed by atoms with van der Waals surface area (Å²) in [6, 6.07) is 0. The Morgan fingerprint density at radius 1 is 1.80 bits per heavy atom. The van der Waals surface area contributed by atoms with Crippen LogP contribution in [0.5, 0.6) is 0 Å². The zero-order chi connectivity index (χ0) is 7.56. The summed E-state index contributed by atoms with van der Waals surface area (Å²) in [7, 11) is 0. The molecule has 0 aromatic rings. The van der Waals surface area contributed by atoms with Crippen LogP contribution < -0.4 is 5.32 Å². The highest BCUT2D eigenvalue weighted by molar-refractivity contribution is 5.79. The first-order chi connectivity index (χ1) is 4.68. The first kappa shape index (κ1) is 7.05. The molecule has 0 saturated carbocycles. The lowest BCUT2D eigenvalue weighted by molar-refractivity contribution is -0.145. The van der Waals surface area contributed by atoms with Crippen LogP contribution in [0.2, 0.25) is 0 Å². The molecule has 1 N–H and O–H groups in total. The fourth-order valence-electron chi connectivity index (χ4n) is 0.897. The summed E-state index contributed by atoms with van der Waals surface area (Å²) in [5.41, 5.74) is 0. The SMILES string of the molecule is CC(=O)O[C@@H]1CNC(=O)C1. The molecule has 1 rings (SSSR count). The second kappa shape index (κ2) is 2.68. The van der Waals surface area contributed by atoms with E-state index in [4.69, 9.17) is 4.74 Å². The van der Waals surface area contributed by atoms with Crippen molar-refractivity contribution < 1.29 is 14.3 Å². The minimum atomic E-state index is -0.332. The lowest BCUT2D eigenvalue weighted by Crippen LogP contribution is -2.19. The van der Waals surface area contributed by atoms with Crippen LogP contribution in [0.4, 0.5) is 0 Å². The second-order valence-electron chi connectivity index (χ2n) is 2.24. The zero-order valence-electron chi connectivity index (χ0n) is 5.72. The van der Waals surface area contributed by atoms with Gasteiger partial charge in [0.05, 0.1) is 13.0 Å². The Bertz CT molecular complexity index is 166. The summed E-state index contributed by atoms with van der Waals surface area (Å²) in [4.78, 5) is 20.9. The van der Waals surface area contributed by atoms with Gasteiger partial charge in [-0.2, -0.15) is 0 Å². The Hall–Kier alpha value is -1.06. The van der Waals surface area contributed by atoms with Crippen molar-refractivity contribution in [3.8, 4) is 0 Å². The highest BCUT2D eigenvalue weighted by Gasteiger charge is 2.23. The Labute approximate surface area is 58.5 Å². The standard InChI is InChI=1S/C6H9NO3/c1-4(8)10-5-2-6(9)7-3-5/h5H,2-3H2,1H3,(H,7,9)/t5-/m0/s1. The van der Waals surface area contributed by atoms with E-state index in [1.54, 1.807) is 0 Å². The van der Waals surface area contributed by atoms with Crippen LogP contribution in [-0.2, 0) is 14.3 Å². The predicted molar refractivity (Wildman–Crippen MR) is 33.2 cm³/mol. The molecular weight excluding hydrogens is 134 g/mol. The van der Waals surface area contributed by atoms with E-state index in [0.717, 1.165) is 0 Å². The van der Waals surface area contributed by atoms with Gasteiger partial charge in [0.1, 0.15) is 6.10 Å². The minimum Gasteiger partial charge on any atom is -0.460 e. The number of hydrogen-bond acceptors (Lipinski definition) is 3. The van der Waals surface area contributed by atoms with Crippen molar-refractivity contribution in [3.63, 3.8) is 0 Å². The number of carbonyl (C=O) groups excluding carboxylic acids is 2. The number of hydrogen-bond donors (Lipinski definition) is 1. The summed E-state index contributed by atoms with van der Waals surface area (Å²) in [6.07, 6.45) is 0.0598. The van der Waals surface area contributed by atoms with Crippen LogP contribution in [0.3, 0.4) is 0 Å².